The van der Waals surface area contributed by atoms with Gasteiger partial charge >= 0.3 is 5.69 Å². The smallest absolute Gasteiger partial charge is 0.304 e. The van der Waals surface area contributed by atoms with Crippen LogP contribution in [-0.4, -0.2) is 59.9 Å². The molecule has 1 aliphatic heterocycles. The van der Waals surface area contributed by atoms with Crippen LogP contribution in [0.2, 0.25) is 0 Å². The van der Waals surface area contributed by atoms with Crippen molar-refractivity contribution in [2.75, 3.05) is 33.2 Å². The molecule has 0 spiro atoms. The molecule has 1 aromatic carbocycles. The van der Waals surface area contributed by atoms with Crippen molar-refractivity contribution in [3.8, 4) is 0 Å². The Morgan fingerprint density at radius 2 is 1.96 bits per heavy atom. The maximum Gasteiger partial charge on any atom is 0.304 e. The Balaban J connectivity index is 2.09. The normalized spacial score (nSPS) is 18.5. The molecule has 8 heteroatoms. The third-order valence-electron chi connectivity index (χ3n) is 4.33. The molecule has 1 saturated heterocycles. The van der Waals surface area contributed by atoms with Crippen molar-refractivity contribution in [2.24, 2.45) is 5.73 Å². The minimum atomic E-state index is -0.918. The maximum atomic E-state index is 13.7. The summed E-state index contributed by atoms with van der Waals surface area (Å²) in [4.78, 5) is 26.2. The van der Waals surface area contributed by atoms with Crippen LogP contribution >= 0.6 is 0 Å². The highest BCUT2D eigenvalue weighted by molar-refractivity contribution is 5.83. The van der Waals surface area contributed by atoms with Gasteiger partial charge in [0, 0.05) is 38.2 Å². The Hall–Kier alpha value is -2.06. The zero-order valence-electron chi connectivity index (χ0n) is 13.2. The highest BCUT2D eigenvalue weighted by atomic mass is 19.1. The summed E-state index contributed by atoms with van der Waals surface area (Å²) >= 11 is 0. The predicted molar refractivity (Wildman–Crippen MR) is 83.5 cm³/mol. The zero-order chi connectivity index (χ0) is 17.1. The van der Waals surface area contributed by atoms with E-state index in [0.29, 0.717) is 18.7 Å². The van der Waals surface area contributed by atoms with Crippen molar-refractivity contribution in [1.82, 2.24) is 9.80 Å². The second kappa shape index (κ2) is 7.01. The molecule has 1 aromatic rings. The molecule has 1 amide bonds. The summed E-state index contributed by atoms with van der Waals surface area (Å²) in [6, 6.07) is 2.83. The monoisotopic (exact) mass is 324 g/mol. The third kappa shape index (κ3) is 3.83. The van der Waals surface area contributed by atoms with E-state index < -0.39 is 28.4 Å². The lowest BCUT2D eigenvalue weighted by Crippen LogP contribution is -2.53. The first-order valence-electron chi connectivity index (χ1n) is 7.48. The molecule has 0 saturated carbocycles. The highest BCUT2D eigenvalue weighted by Gasteiger charge is 2.29. The Kier molecular flexibility index (Phi) is 5.27. The molecule has 0 aliphatic carbocycles. The fourth-order valence-electron chi connectivity index (χ4n) is 2.61. The van der Waals surface area contributed by atoms with E-state index in [4.69, 9.17) is 5.73 Å². The number of likely N-dealkylation sites (N-methyl/N-ethyl adjacent to an activating group) is 1. The fraction of sp³-hybridized carbons (Fsp3) is 0.533. The van der Waals surface area contributed by atoms with Crippen LogP contribution in [0.15, 0.2) is 18.2 Å². The van der Waals surface area contributed by atoms with Crippen molar-refractivity contribution in [3.63, 3.8) is 0 Å². The summed E-state index contributed by atoms with van der Waals surface area (Å²) in [5.41, 5.74) is 5.94. The van der Waals surface area contributed by atoms with Gasteiger partial charge in [0.2, 0.25) is 11.7 Å². The molecule has 1 aliphatic rings. The lowest BCUT2D eigenvalue weighted by molar-refractivity contribution is -0.387. The molecular formula is C15H21FN4O3. The molecule has 0 aromatic heterocycles. The predicted octanol–water partition coefficient (Wildman–Crippen LogP) is 0.939. The lowest BCUT2D eigenvalue weighted by atomic mass is 9.92. The highest BCUT2D eigenvalue weighted by Crippen LogP contribution is 2.25. The second-order valence-electron chi connectivity index (χ2n) is 5.91. The average Bonchev–Trinajstić information content (AvgIpc) is 2.53. The number of piperazine rings is 1. The van der Waals surface area contributed by atoms with Crippen molar-refractivity contribution in [2.45, 2.75) is 18.9 Å². The number of benzene rings is 1. The summed E-state index contributed by atoms with van der Waals surface area (Å²) in [7, 11) is 1.99. The number of nitro groups is 1. The summed E-state index contributed by atoms with van der Waals surface area (Å²) in [6.45, 7) is 4.53. The van der Waals surface area contributed by atoms with Crippen LogP contribution in [-0.2, 0) is 4.79 Å². The number of nitro benzene ring substituents is 1. The summed E-state index contributed by atoms with van der Waals surface area (Å²) < 4.78 is 13.7. The molecule has 2 rings (SSSR count). The largest absolute Gasteiger partial charge is 0.339 e. The van der Waals surface area contributed by atoms with Gasteiger partial charge in [-0.3, -0.25) is 14.9 Å². The van der Waals surface area contributed by atoms with Crippen LogP contribution in [0.4, 0.5) is 10.1 Å². The van der Waals surface area contributed by atoms with E-state index in [1.54, 1.807) is 11.8 Å². The summed E-state index contributed by atoms with van der Waals surface area (Å²) in [5, 5.41) is 10.7. The minimum absolute atomic E-state index is 0.177. The quantitative estimate of drug-likeness (QED) is 0.657. The first kappa shape index (κ1) is 17.3. The Morgan fingerprint density at radius 1 is 1.35 bits per heavy atom. The molecule has 1 fully saturated rings. The van der Waals surface area contributed by atoms with E-state index in [1.165, 1.54) is 6.07 Å². The first-order chi connectivity index (χ1) is 10.8. The van der Waals surface area contributed by atoms with Gasteiger partial charge in [-0.2, -0.15) is 4.39 Å². The average molecular weight is 324 g/mol. The molecule has 0 radical (unpaired) electrons. The number of rotatable bonds is 4. The number of amides is 1. The molecule has 126 valence electrons. The van der Waals surface area contributed by atoms with Gasteiger partial charge in [-0.25, -0.2) is 0 Å². The molecule has 0 unspecified atom stereocenters. The topological polar surface area (TPSA) is 92.7 Å². The summed E-state index contributed by atoms with van der Waals surface area (Å²) in [6.07, 6.45) is 0. The number of carbonyl (C=O) groups excluding carboxylic acids is 1. The molecule has 0 bridgehead atoms. The zero-order valence-corrected chi connectivity index (χ0v) is 13.2. The number of hydrogen-bond donors (Lipinski definition) is 1. The van der Waals surface area contributed by atoms with E-state index in [-0.39, 0.29) is 5.91 Å². The van der Waals surface area contributed by atoms with Crippen LogP contribution in [0.1, 0.15) is 18.4 Å². The molecule has 23 heavy (non-hydrogen) atoms. The Morgan fingerprint density at radius 3 is 2.48 bits per heavy atom. The van der Waals surface area contributed by atoms with Gasteiger partial charge < -0.3 is 15.5 Å². The third-order valence-corrected chi connectivity index (χ3v) is 4.33. The number of carbonyl (C=O) groups is 1. The Labute approximate surface area is 134 Å². The number of nitrogens with zero attached hydrogens (tertiary/aromatic N) is 3. The van der Waals surface area contributed by atoms with Crippen molar-refractivity contribution >= 4 is 11.6 Å². The molecular weight excluding hydrogens is 303 g/mol. The van der Waals surface area contributed by atoms with Gasteiger partial charge in [0.1, 0.15) is 0 Å². The van der Waals surface area contributed by atoms with Gasteiger partial charge in [-0.15, -0.1) is 0 Å². The van der Waals surface area contributed by atoms with Crippen LogP contribution < -0.4 is 5.73 Å². The minimum Gasteiger partial charge on any atom is -0.339 e. The molecule has 7 nitrogen and oxygen atoms in total. The van der Waals surface area contributed by atoms with Crippen molar-refractivity contribution in [3.05, 3.63) is 39.7 Å². The van der Waals surface area contributed by atoms with E-state index in [1.807, 2.05) is 7.05 Å². The SMILES string of the molecule is C[C@@H](c1ccc([N+](=O)[O-])c(F)c1)[C@@H](N)C(=O)N1CCN(C)CC1. The number of nitrogens with two attached hydrogens (primary N) is 1. The van der Waals surface area contributed by atoms with Crippen molar-refractivity contribution in [1.29, 1.82) is 0 Å². The molecule has 2 atom stereocenters. The fourth-order valence-corrected chi connectivity index (χ4v) is 2.61. The van der Waals surface area contributed by atoms with Gasteiger partial charge in [-0.1, -0.05) is 13.0 Å². The van der Waals surface area contributed by atoms with Gasteiger partial charge in [0.05, 0.1) is 11.0 Å². The standard InChI is InChI=1S/C15H21FN4O3/c1-10(11-3-4-13(20(22)23)12(16)9-11)14(17)15(21)19-7-5-18(2)6-8-19/h3-4,9-10,14H,5-8,17H2,1-2H3/t10-,14+/m0/s1. The lowest BCUT2D eigenvalue weighted by Gasteiger charge is -2.35. The van der Waals surface area contributed by atoms with Crippen LogP contribution in [0, 0.1) is 15.9 Å². The van der Waals surface area contributed by atoms with Crippen LogP contribution in [0.3, 0.4) is 0 Å². The van der Waals surface area contributed by atoms with Crippen LogP contribution in [0.5, 0.6) is 0 Å². The van der Waals surface area contributed by atoms with Gasteiger partial charge in [0.25, 0.3) is 0 Å². The van der Waals surface area contributed by atoms with Crippen LogP contribution in [0.25, 0.3) is 0 Å². The van der Waals surface area contributed by atoms with E-state index in [9.17, 15) is 19.3 Å². The summed E-state index contributed by atoms with van der Waals surface area (Å²) in [5.74, 6) is -1.53. The van der Waals surface area contributed by atoms with E-state index >= 15 is 0 Å². The second-order valence-corrected chi connectivity index (χ2v) is 5.91. The maximum absolute atomic E-state index is 13.7. The van der Waals surface area contributed by atoms with Gasteiger partial charge in [-0.05, 0) is 18.7 Å². The molecule has 1 heterocycles. The van der Waals surface area contributed by atoms with E-state index in [0.717, 1.165) is 25.2 Å². The first-order valence-corrected chi connectivity index (χ1v) is 7.48. The number of hydrogen-bond acceptors (Lipinski definition) is 5. The van der Waals surface area contributed by atoms with Crippen molar-refractivity contribution < 1.29 is 14.1 Å². The van der Waals surface area contributed by atoms with Gasteiger partial charge in [0.15, 0.2) is 0 Å². The Bertz CT molecular complexity index is 602. The van der Waals surface area contributed by atoms with E-state index in [2.05, 4.69) is 4.90 Å². The number of halogens is 1. The molecule has 2 N–H and O–H groups in total.